The van der Waals surface area contributed by atoms with Gasteiger partial charge < -0.3 is 10.1 Å². The van der Waals surface area contributed by atoms with Gasteiger partial charge in [0.2, 0.25) is 0 Å². The molecular formula is C19H33NO. The number of unbranched alkanes of at least 4 members (excludes halogenated alkanes) is 6. The Morgan fingerprint density at radius 1 is 0.905 bits per heavy atom. The van der Waals surface area contributed by atoms with Crippen molar-refractivity contribution in [1.82, 2.24) is 5.32 Å². The molecule has 0 saturated carbocycles. The van der Waals surface area contributed by atoms with E-state index in [0.717, 1.165) is 18.9 Å². The molecule has 1 rings (SSSR count). The van der Waals surface area contributed by atoms with Crippen LogP contribution in [0.15, 0.2) is 24.3 Å². The predicted octanol–water partition coefficient (Wildman–Crippen LogP) is 5.31. The maximum Gasteiger partial charge on any atom is 0.119 e. The van der Waals surface area contributed by atoms with Crippen molar-refractivity contribution in [2.45, 2.75) is 78.3 Å². The van der Waals surface area contributed by atoms with Crippen molar-refractivity contribution in [3.05, 3.63) is 29.8 Å². The Kier molecular flexibility index (Phi) is 9.98. The second-order valence-corrected chi connectivity index (χ2v) is 6.15. The maximum atomic E-state index is 5.79. The Hall–Kier alpha value is -1.02. The van der Waals surface area contributed by atoms with E-state index in [1.54, 1.807) is 0 Å². The molecule has 2 nitrogen and oxygen atoms in total. The summed E-state index contributed by atoms with van der Waals surface area (Å²) in [5.41, 5.74) is 1.31. The molecule has 0 fully saturated rings. The predicted molar refractivity (Wildman–Crippen MR) is 91.9 cm³/mol. The van der Waals surface area contributed by atoms with Gasteiger partial charge in [-0.05, 0) is 24.1 Å². The summed E-state index contributed by atoms with van der Waals surface area (Å²) in [4.78, 5) is 0. The summed E-state index contributed by atoms with van der Waals surface area (Å²) < 4.78 is 5.79. The minimum absolute atomic E-state index is 0.526. The Morgan fingerprint density at radius 3 is 2.14 bits per heavy atom. The van der Waals surface area contributed by atoms with Gasteiger partial charge >= 0.3 is 0 Å². The molecule has 1 aromatic rings. The third kappa shape index (κ3) is 9.52. The molecule has 0 radical (unpaired) electrons. The first kappa shape index (κ1) is 18.0. The summed E-state index contributed by atoms with van der Waals surface area (Å²) in [6.45, 7) is 8.37. The molecule has 0 aliphatic rings. The lowest BCUT2D eigenvalue weighted by atomic mass is 10.1. The maximum absolute atomic E-state index is 5.79. The molecular weight excluding hydrogens is 258 g/mol. The monoisotopic (exact) mass is 291 g/mol. The number of rotatable bonds is 12. The molecule has 0 aromatic heterocycles. The van der Waals surface area contributed by atoms with Crippen LogP contribution in [0.4, 0.5) is 0 Å². The minimum atomic E-state index is 0.526. The van der Waals surface area contributed by atoms with Crippen molar-refractivity contribution in [3.8, 4) is 5.75 Å². The van der Waals surface area contributed by atoms with Crippen LogP contribution in [-0.4, -0.2) is 12.6 Å². The highest BCUT2D eigenvalue weighted by atomic mass is 16.5. The van der Waals surface area contributed by atoms with E-state index in [-0.39, 0.29) is 0 Å². The van der Waals surface area contributed by atoms with Crippen molar-refractivity contribution >= 4 is 0 Å². The molecule has 0 amide bonds. The number of hydrogen-bond acceptors (Lipinski definition) is 2. The van der Waals surface area contributed by atoms with Crippen molar-refractivity contribution in [2.24, 2.45) is 0 Å². The zero-order chi connectivity index (χ0) is 15.3. The molecule has 0 spiro atoms. The first-order valence-corrected chi connectivity index (χ1v) is 8.67. The Labute approximate surface area is 131 Å². The van der Waals surface area contributed by atoms with Crippen molar-refractivity contribution in [3.63, 3.8) is 0 Å². The van der Waals surface area contributed by atoms with Crippen LogP contribution in [0, 0.1) is 0 Å². The zero-order valence-corrected chi connectivity index (χ0v) is 14.2. The fraction of sp³-hybridized carbons (Fsp3) is 0.684. The van der Waals surface area contributed by atoms with Crippen molar-refractivity contribution in [1.29, 1.82) is 0 Å². The number of benzene rings is 1. The zero-order valence-electron chi connectivity index (χ0n) is 14.2. The van der Waals surface area contributed by atoms with Gasteiger partial charge in [-0.25, -0.2) is 0 Å². The van der Waals surface area contributed by atoms with Crippen LogP contribution >= 0.6 is 0 Å². The van der Waals surface area contributed by atoms with E-state index in [1.807, 2.05) is 0 Å². The highest BCUT2D eigenvalue weighted by Gasteiger charge is 1.98. The summed E-state index contributed by atoms with van der Waals surface area (Å²) in [5, 5.41) is 3.42. The first-order valence-electron chi connectivity index (χ1n) is 8.67. The summed E-state index contributed by atoms with van der Waals surface area (Å²) in [6, 6.07) is 8.99. The van der Waals surface area contributed by atoms with Crippen molar-refractivity contribution < 1.29 is 4.74 Å². The van der Waals surface area contributed by atoms with Crippen LogP contribution in [-0.2, 0) is 6.54 Å². The molecule has 1 N–H and O–H groups in total. The van der Waals surface area contributed by atoms with Crippen LogP contribution in [0.5, 0.6) is 5.75 Å². The lowest BCUT2D eigenvalue weighted by Gasteiger charge is -2.09. The van der Waals surface area contributed by atoms with Crippen LogP contribution in [0.2, 0.25) is 0 Å². The van der Waals surface area contributed by atoms with E-state index >= 15 is 0 Å². The number of hydrogen-bond donors (Lipinski definition) is 1. The van der Waals surface area contributed by atoms with Gasteiger partial charge in [0.15, 0.2) is 0 Å². The SMILES string of the molecule is CCCCCCCCCOc1ccc(CNC(C)C)cc1. The standard InChI is InChI=1S/C19H33NO/c1-4-5-6-7-8-9-10-15-21-19-13-11-18(12-14-19)16-20-17(2)3/h11-14,17,20H,4-10,15-16H2,1-3H3. The second-order valence-electron chi connectivity index (χ2n) is 6.15. The average Bonchev–Trinajstić information content (AvgIpc) is 2.49. The van der Waals surface area contributed by atoms with Crippen LogP contribution in [0.3, 0.4) is 0 Å². The largest absolute Gasteiger partial charge is 0.494 e. The Morgan fingerprint density at radius 2 is 1.52 bits per heavy atom. The van der Waals surface area contributed by atoms with E-state index in [0.29, 0.717) is 6.04 Å². The molecule has 0 unspecified atom stereocenters. The molecule has 0 aliphatic carbocycles. The van der Waals surface area contributed by atoms with Gasteiger partial charge in [-0.15, -0.1) is 0 Å². The quantitative estimate of drug-likeness (QED) is 0.527. The second kappa shape index (κ2) is 11.6. The van der Waals surface area contributed by atoms with E-state index < -0.39 is 0 Å². The van der Waals surface area contributed by atoms with Crippen molar-refractivity contribution in [2.75, 3.05) is 6.61 Å². The fourth-order valence-corrected chi connectivity index (χ4v) is 2.27. The van der Waals surface area contributed by atoms with Gasteiger partial charge in [-0.1, -0.05) is 71.4 Å². The van der Waals surface area contributed by atoms with E-state index in [2.05, 4.69) is 50.4 Å². The van der Waals surface area contributed by atoms with Gasteiger partial charge in [0.25, 0.3) is 0 Å². The number of ether oxygens (including phenoxy) is 1. The topological polar surface area (TPSA) is 21.3 Å². The normalized spacial score (nSPS) is 11.0. The molecule has 1 aromatic carbocycles. The summed E-state index contributed by atoms with van der Waals surface area (Å²) >= 11 is 0. The molecule has 0 aliphatic heterocycles. The smallest absolute Gasteiger partial charge is 0.119 e. The third-order valence-corrected chi connectivity index (χ3v) is 3.65. The lowest BCUT2D eigenvalue weighted by Crippen LogP contribution is -2.21. The first-order chi connectivity index (χ1) is 10.2. The fourth-order valence-electron chi connectivity index (χ4n) is 2.27. The van der Waals surface area contributed by atoms with E-state index in [4.69, 9.17) is 4.74 Å². The minimum Gasteiger partial charge on any atom is -0.494 e. The molecule has 0 heterocycles. The molecule has 120 valence electrons. The average molecular weight is 291 g/mol. The van der Waals surface area contributed by atoms with Gasteiger partial charge in [-0.2, -0.15) is 0 Å². The Bertz CT molecular complexity index is 345. The molecule has 2 heteroatoms. The molecule has 0 atom stereocenters. The van der Waals surface area contributed by atoms with E-state index in [1.165, 1.54) is 50.5 Å². The third-order valence-electron chi connectivity index (χ3n) is 3.65. The van der Waals surface area contributed by atoms with Gasteiger partial charge in [-0.3, -0.25) is 0 Å². The van der Waals surface area contributed by atoms with Crippen LogP contribution < -0.4 is 10.1 Å². The highest BCUT2D eigenvalue weighted by molar-refractivity contribution is 5.27. The summed E-state index contributed by atoms with van der Waals surface area (Å²) in [5.74, 6) is 0.995. The summed E-state index contributed by atoms with van der Waals surface area (Å²) in [6.07, 6.45) is 9.29. The highest BCUT2D eigenvalue weighted by Crippen LogP contribution is 2.13. The van der Waals surface area contributed by atoms with Gasteiger partial charge in [0.05, 0.1) is 6.61 Å². The number of nitrogens with one attached hydrogen (secondary N) is 1. The van der Waals surface area contributed by atoms with Crippen LogP contribution in [0.1, 0.15) is 71.3 Å². The molecule has 0 bridgehead atoms. The molecule has 21 heavy (non-hydrogen) atoms. The van der Waals surface area contributed by atoms with E-state index in [9.17, 15) is 0 Å². The van der Waals surface area contributed by atoms with Gasteiger partial charge in [0, 0.05) is 12.6 Å². The van der Waals surface area contributed by atoms with Crippen LogP contribution in [0.25, 0.3) is 0 Å². The Balaban J connectivity index is 2.07. The molecule has 0 saturated heterocycles. The lowest BCUT2D eigenvalue weighted by molar-refractivity contribution is 0.304. The van der Waals surface area contributed by atoms with Gasteiger partial charge in [0.1, 0.15) is 5.75 Å². The summed E-state index contributed by atoms with van der Waals surface area (Å²) in [7, 11) is 0.